The van der Waals surface area contributed by atoms with E-state index in [1.165, 1.54) is 0 Å². The first-order chi connectivity index (χ1) is 11.5. The highest BCUT2D eigenvalue weighted by Gasteiger charge is 2.23. The molecule has 0 spiro atoms. The minimum absolute atomic E-state index is 0.00990. The van der Waals surface area contributed by atoms with Crippen LogP contribution in [-0.4, -0.2) is 25.8 Å². The molecule has 124 valence electrons. The van der Waals surface area contributed by atoms with Gasteiger partial charge in [-0.25, -0.2) is 4.98 Å². The van der Waals surface area contributed by atoms with Crippen molar-refractivity contribution in [2.45, 2.75) is 26.3 Å². The number of anilines is 1. The Morgan fingerprint density at radius 2 is 2.04 bits per heavy atom. The van der Waals surface area contributed by atoms with E-state index in [1.54, 1.807) is 30.1 Å². The number of nitrogens with zero attached hydrogens (tertiary/aromatic N) is 3. The highest BCUT2D eigenvalue weighted by atomic mass is 16.2. The minimum atomic E-state index is -0.417. The van der Waals surface area contributed by atoms with Gasteiger partial charge in [-0.05, 0) is 19.4 Å². The van der Waals surface area contributed by atoms with E-state index in [0.29, 0.717) is 17.9 Å². The standard InChI is InChI=1S/C18H20N4O2/c1-4-15(17(24)20-18-19-9-10-21(18)3)22-11-14(12(2)23)13-7-5-6-8-16(13)22/h5-11,15H,4H2,1-3H3,(H,19,20,24). The van der Waals surface area contributed by atoms with Crippen molar-refractivity contribution in [1.82, 2.24) is 14.1 Å². The van der Waals surface area contributed by atoms with Crippen LogP contribution in [0.25, 0.3) is 10.9 Å². The summed E-state index contributed by atoms with van der Waals surface area (Å²) in [6.07, 6.45) is 5.79. The smallest absolute Gasteiger partial charge is 0.249 e. The van der Waals surface area contributed by atoms with Crippen molar-refractivity contribution in [1.29, 1.82) is 0 Å². The number of carbonyl (C=O) groups is 2. The van der Waals surface area contributed by atoms with Crippen LogP contribution in [0.5, 0.6) is 0 Å². The average molecular weight is 324 g/mol. The van der Waals surface area contributed by atoms with E-state index in [0.717, 1.165) is 10.9 Å². The number of imidazole rings is 1. The largest absolute Gasteiger partial charge is 0.334 e. The number of para-hydroxylation sites is 1. The predicted octanol–water partition coefficient (Wildman–Crippen LogP) is 3.17. The Kier molecular flexibility index (Phi) is 4.20. The van der Waals surface area contributed by atoms with Crippen LogP contribution in [0, 0.1) is 0 Å². The molecule has 1 N–H and O–H groups in total. The molecular weight excluding hydrogens is 304 g/mol. The molecule has 1 amide bonds. The minimum Gasteiger partial charge on any atom is -0.334 e. The highest BCUT2D eigenvalue weighted by molar-refractivity contribution is 6.07. The number of Topliss-reactive ketones (excluding diaryl/α,β-unsaturated/α-hetero) is 1. The van der Waals surface area contributed by atoms with E-state index in [4.69, 9.17) is 0 Å². The molecule has 0 aliphatic carbocycles. The van der Waals surface area contributed by atoms with Gasteiger partial charge in [0.15, 0.2) is 5.78 Å². The van der Waals surface area contributed by atoms with E-state index in [-0.39, 0.29) is 11.7 Å². The Labute approximate surface area is 140 Å². The summed E-state index contributed by atoms with van der Waals surface area (Å²) in [4.78, 5) is 28.8. The first-order valence-electron chi connectivity index (χ1n) is 7.91. The number of aromatic nitrogens is 3. The zero-order valence-corrected chi connectivity index (χ0v) is 14.0. The number of hydrogen-bond donors (Lipinski definition) is 1. The predicted molar refractivity (Wildman–Crippen MR) is 93.1 cm³/mol. The van der Waals surface area contributed by atoms with Gasteiger partial charge in [0.2, 0.25) is 11.9 Å². The molecule has 0 saturated heterocycles. The molecule has 2 aromatic heterocycles. The molecule has 0 bridgehead atoms. The number of nitrogens with one attached hydrogen (secondary N) is 1. The summed E-state index contributed by atoms with van der Waals surface area (Å²) in [5.41, 5.74) is 1.51. The maximum absolute atomic E-state index is 12.7. The number of amides is 1. The zero-order chi connectivity index (χ0) is 17.3. The van der Waals surface area contributed by atoms with Crippen LogP contribution in [0.1, 0.15) is 36.7 Å². The number of carbonyl (C=O) groups excluding carboxylic acids is 2. The van der Waals surface area contributed by atoms with Crippen LogP contribution >= 0.6 is 0 Å². The topological polar surface area (TPSA) is 68.9 Å². The first-order valence-corrected chi connectivity index (χ1v) is 7.91. The van der Waals surface area contributed by atoms with Crippen LogP contribution < -0.4 is 5.32 Å². The Bertz CT molecular complexity index is 907. The van der Waals surface area contributed by atoms with Crippen molar-refractivity contribution in [2.75, 3.05) is 5.32 Å². The van der Waals surface area contributed by atoms with E-state index in [2.05, 4.69) is 10.3 Å². The van der Waals surface area contributed by atoms with Crippen molar-refractivity contribution < 1.29 is 9.59 Å². The lowest BCUT2D eigenvalue weighted by Crippen LogP contribution is -2.26. The van der Waals surface area contributed by atoms with Crippen LogP contribution in [0.15, 0.2) is 42.9 Å². The summed E-state index contributed by atoms with van der Waals surface area (Å²) < 4.78 is 3.63. The number of fused-ring (bicyclic) bond motifs is 1. The molecule has 0 aliphatic rings. The fraction of sp³-hybridized carbons (Fsp3) is 0.278. The number of aryl methyl sites for hydroxylation is 1. The van der Waals surface area contributed by atoms with Crippen molar-refractivity contribution in [2.24, 2.45) is 7.05 Å². The summed E-state index contributed by atoms with van der Waals surface area (Å²) in [7, 11) is 1.82. The first kappa shape index (κ1) is 16.0. The van der Waals surface area contributed by atoms with Crippen molar-refractivity contribution in [3.8, 4) is 0 Å². The fourth-order valence-electron chi connectivity index (χ4n) is 2.93. The maximum atomic E-state index is 12.7. The molecule has 2 heterocycles. The van der Waals surface area contributed by atoms with E-state index in [1.807, 2.05) is 42.8 Å². The molecule has 24 heavy (non-hydrogen) atoms. The second kappa shape index (κ2) is 6.31. The molecule has 0 radical (unpaired) electrons. The van der Waals surface area contributed by atoms with Gasteiger partial charge in [-0.2, -0.15) is 0 Å². The molecule has 3 rings (SSSR count). The summed E-state index contributed by atoms with van der Waals surface area (Å²) in [6.45, 7) is 3.49. The lowest BCUT2D eigenvalue weighted by atomic mass is 10.1. The molecule has 1 aromatic carbocycles. The molecule has 1 atom stereocenters. The third-order valence-electron chi connectivity index (χ3n) is 4.20. The summed E-state index contributed by atoms with van der Waals surface area (Å²) in [5.74, 6) is 0.341. The van der Waals surface area contributed by atoms with Crippen molar-refractivity contribution in [3.05, 3.63) is 48.4 Å². The van der Waals surface area contributed by atoms with Gasteiger partial charge in [0.1, 0.15) is 6.04 Å². The van der Waals surface area contributed by atoms with E-state index >= 15 is 0 Å². The van der Waals surface area contributed by atoms with Crippen LogP contribution in [0.2, 0.25) is 0 Å². The molecule has 0 saturated carbocycles. The second-order valence-corrected chi connectivity index (χ2v) is 5.80. The number of rotatable bonds is 5. The highest BCUT2D eigenvalue weighted by Crippen LogP contribution is 2.27. The molecule has 3 aromatic rings. The van der Waals surface area contributed by atoms with E-state index in [9.17, 15) is 9.59 Å². The van der Waals surface area contributed by atoms with Crippen LogP contribution in [0.3, 0.4) is 0 Å². The van der Waals surface area contributed by atoms with E-state index < -0.39 is 6.04 Å². The van der Waals surface area contributed by atoms with Crippen LogP contribution in [-0.2, 0) is 11.8 Å². The summed E-state index contributed by atoms with van der Waals surface area (Å²) >= 11 is 0. The Morgan fingerprint density at radius 3 is 2.67 bits per heavy atom. The van der Waals surface area contributed by atoms with Gasteiger partial charge in [0, 0.05) is 42.1 Å². The zero-order valence-electron chi connectivity index (χ0n) is 14.0. The number of hydrogen-bond acceptors (Lipinski definition) is 3. The maximum Gasteiger partial charge on any atom is 0.249 e. The number of benzene rings is 1. The molecule has 0 aliphatic heterocycles. The Balaban J connectivity index is 2.02. The Morgan fingerprint density at radius 1 is 1.29 bits per heavy atom. The van der Waals surface area contributed by atoms with Crippen molar-refractivity contribution >= 4 is 28.5 Å². The monoisotopic (exact) mass is 324 g/mol. The lowest BCUT2D eigenvalue weighted by Gasteiger charge is -2.18. The van der Waals surface area contributed by atoms with Gasteiger partial charge in [-0.15, -0.1) is 0 Å². The quantitative estimate of drug-likeness (QED) is 0.733. The van der Waals surface area contributed by atoms with Gasteiger partial charge in [-0.3, -0.25) is 14.9 Å². The molecule has 6 nitrogen and oxygen atoms in total. The van der Waals surface area contributed by atoms with Gasteiger partial charge in [-0.1, -0.05) is 25.1 Å². The normalized spacial score (nSPS) is 12.3. The molecule has 1 unspecified atom stereocenters. The van der Waals surface area contributed by atoms with Gasteiger partial charge in [0.25, 0.3) is 0 Å². The summed E-state index contributed by atoms with van der Waals surface area (Å²) in [6, 6.07) is 7.23. The third kappa shape index (κ3) is 2.71. The molecular formula is C18H20N4O2. The molecule has 0 fully saturated rings. The summed E-state index contributed by atoms with van der Waals surface area (Å²) in [5, 5.41) is 3.72. The van der Waals surface area contributed by atoms with Gasteiger partial charge >= 0.3 is 0 Å². The Hall–Kier alpha value is -2.89. The average Bonchev–Trinajstić information content (AvgIpc) is 3.13. The SMILES string of the molecule is CCC(C(=O)Nc1nccn1C)n1cc(C(C)=O)c2ccccc21. The fourth-order valence-corrected chi connectivity index (χ4v) is 2.93. The molecule has 6 heteroatoms. The second-order valence-electron chi connectivity index (χ2n) is 5.80. The van der Waals surface area contributed by atoms with Crippen molar-refractivity contribution in [3.63, 3.8) is 0 Å². The number of ketones is 1. The van der Waals surface area contributed by atoms with Crippen LogP contribution in [0.4, 0.5) is 5.95 Å². The van der Waals surface area contributed by atoms with Gasteiger partial charge < -0.3 is 9.13 Å². The van der Waals surface area contributed by atoms with Gasteiger partial charge in [0.05, 0.1) is 0 Å². The third-order valence-corrected chi connectivity index (χ3v) is 4.20. The lowest BCUT2D eigenvalue weighted by molar-refractivity contribution is -0.119.